The Hall–Kier alpha value is -2.42. The maximum Gasteiger partial charge on any atom is 0.243 e. The highest BCUT2D eigenvalue weighted by Gasteiger charge is 2.27. The van der Waals surface area contributed by atoms with Crippen molar-refractivity contribution >= 4 is 15.9 Å². The van der Waals surface area contributed by atoms with Gasteiger partial charge in [-0.15, -0.1) is 0 Å². The van der Waals surface area contributed by atoms with Gasteiger partial charge in [0.2, 0.25) is 15.9 Å². The number of hydrogen-bond donors (Lipinski definition) is 1. The minimum Gasteiger partial charge on any atom is -0.496 e. The van der Waals surface area contributed by atoms with Crippen LogP contribution >= 0.6 is 0 Å². The number of methoxy groups -OCH3 is 1. The Labute approximate surface area is 190 Å². The molecule has 0 radical (unpaired) electrons. The normalized spacial score (nSPS) is 15.8. The lowest BCUT2D eigenvalue weighted by atomic mass is 10.1. The van der Waals surface area contributed by atoms with Crippen LogP contribution in [0.15, 0.2) is 53.4 Å². The van der Waals surface area contributed by atoms with Crippen LogP contribution in [0.25, 0.3) is 0 Å². The summed E-state index contributed by atoms with van der Waals surface area (Å²) in [6.45, 7) is 3.46. The third-order valence-electron chi connectivity index (χ3n) is 5.60. The standard InChI is InChI=1S/C24H32N2O5S/c1-19(8-9-20-6-4-3-5-7-20)25-24(27)13-10-21-18-22(11-12-23(21)30-2)32(28,29)26-14-16-31-17-15-26/h3-7,11-12,18-19H,8-10,13-17H2,1-2H3,(H,25,27)/t19-/m1/s1. The van der Waals surface area contributed by atoms with E-state index < -0.39 is 10.0 Å². The van der Waals surface area contributed by atoms with Crippen LogP contribution in [-0.2, 0) is 32.4 Å². The first kappa shape index (κ1) is 24.2. The number of hydrogen-bond acceptors (Lipinski definition) is 5. The number of aryl methyl sites for hydroxylation is 2. The highest BCUT2D eigenvalue weighted by molar-refractivity contribution is 7.89. The topological polar surface area (TPSA) is 84.9 Å². The molecule has 0 aromatic heterocycles. The Bertz CT molecular complexity index is 989. The number of benzene rings is 2. The molecule has 0 spiro atoms. The van der Waals surface area contributed by atoms with Gasteiger partial charge in [0.05, 0.1) is 25.2 Å². The van der Waals surface area contributed by atoms with E-state index in [0.29, 0.717) is 44.0 Å². The molecule has 3 rings (SSSR count). The number of sulfonamides is 1. The van der Waals surface area contributed by atoms with Crippen molar-refractivity contribution in [1.82, 2.24) is 9.62 Å². The maximum absolute atomic E-state index is 13.0. The van der Waals surface area contributed by atoms with Crippen LogP contribution in [0.4, 0.5) is 0 Å². The maximum atomic E-state index is 13.0. The highest BCUT2D eigenvalue weighted by atomic mass is 32.2. The first-order chi connectivity index (χ1) is 15.4. The van der Waals surface area contributed by atoms with Crippen molar-refractivity contribution < 1.29 is 22.7 Å². The number of rotatable bonds is 10. The van der Waals surface area contributed by atoms with Gasteiger partial charge in [-0.25, -0.2) is 8.42 Å². The summed E-state index contributed by atoms with van der Waals surface area (Å²) >= 11 is 0. The van der Waals surface area contributed by atoms with Crippen LogP contribution in [0.2, 0.25) is 0 Å². The summed E-state index contributed by atoms with van der Waals surface area (Å²) < 4.78 is 38.0. The molecule has 2 aromatic carbocycles. The smallest absolute Gasteiger partial charge is 0.243 e. The zero-order valence-corrected chi connectivity index (χ0v) is 19.6. The molecule has 1 amide bonds. The van der Waals surface area contributed by atoms with Gasteiger partial charge in [-0.1, -0.05) is 30.3 Å². The molecule has 8 heteroatoms. The van der Waals surface area contributed by atoms with Gasteiger partial charge in [0.15, 0.2) is 0 Å². The lowest BCUT2D eigenvalue weighted by molar-refractivity contribution is -0.121. The van der Waals surface area contributed by atoms with Gasteiger partial charge in [0.1, 0.15) is 5.75 Å². The molecule has 1 aliphatic rings. The fraction of sp³-hybridized carbons (Fsp3) is 0.458. The molecule has 0 bridgehead atoms. The van der Waals surface area contributed by atoms with Crippen molar-refractivity contribution in [2.24, 2.45) is 0 Å². The number of nitrogens with zero attached hydrogens (tertiary/aromatic N) is 1. The highest BCUT2D eigenvalue weighted by Crippen LogP contribution is 2.26. The predicted molar refractivity (Wildman–Crippen MR) is 123 cm³/mol. The zero-order valence-electron chi connectivity index (χ0n) is 18.7. The lowest BCUT2D eigenvalue weighted by Gasteiger charge is -2.26. The van der Waals surface area contributed by atoms with Crippen molar-refractivity contribution in [2.75, 3.05) is 33.4 Å². The number of carbonyl (C=O) groups is 1. The summed E-state index contributed by atoms with van der Waals surface area (Å²) in [7, 11) is -2.06. The van der Waals surface area contributed by atoms with Crippen molar-refractivity contribution in [1.29, 1.82) is 0 Å². The van der Waals surface area contributed by atoms with Crippen molar-refractivity contribution in [2.45, 2.75) is 43.5 Å². The first-order valence-electron chi connectivity index (χ1n) is 11.0. The number of nitrogens with one attached hydrogen (secondary N) is 1. The van der Waals surface area contributed by atoms with Crippen molar-refractivity contribution in [3.63, 3.8) is 0 Å². The van der Waals surface area contributed by atoms with Crippen molar-refractivity contribution in [3.05, 3.63) is 59.7 Å². The fourth-order valence-electron chi connectivity index (χ4n) is 3.74. The zero-order chi connectivity index (χ0) is 23.0. The quantitative estimate of drug-likeness (QED) is 0.589. The van der Waals surface area contributed by atoms with Crippen LogP contribution in [-0.4, -0.2) is 58.1 Å². The molecule has 2 aromatic rings. The molecule has 1 atom stereocenters. The Balaban J connectivity index is 1.58. The van der Waals surface area contributed by atoms with E-state index in [9.17, 15) is 13.2 Å². The average Bonchev–Trinajstić information content (AvgIpc) is 2.82. The number of amides is 1. The molecule has 1 N–H and O–H groups in total. The Morgan fingerprint density at radius 3 is 2.53 bits per heavy atom. The molecular formula is C24H32N2O5S. The second-order valence-electron chi connectivity index (χ2n) is 7.98. The van der Waals surface area contributed by atoms with Gasteiger partial charge < -0.3 is 14.8 Å². The molecule has 174 valence electrons. The number of ether oxygens (including phenoxy) is 2. The Kier molecular flexibility index (Phi) is 8.67. The summed E-state index contributed by atoms with van der Waals surface area (Å²) in [5, 5.41) is 3.03. The average molecular weight is 461 g/mol. The van der Waals surface area contributed by atoms with E-state index in [2.05, 4.69) is 17.4 Å². The second-order valence-corrected chi connectivity index (χ2v) is 9.92. The third kappa shape index (κ3) is 6.54. The van der Waals surface area contributed by atoms with Crippen LogP contribution in [0.3, 0.4) is 0 Å². The van der Waals surface area contributed by atoms with Crippen LogP contribution in [0, 0.1) is 0 Å². The summed E-state index contributed by atoms with van der Waals surface area (Å²) in [6.07, 6.45) is 2.41. The number of morpholine rings is 1. The molecule has 7 nitrogen and oxygen atoms in total. The van der Waals surface area contributed by atoms with E-state index in [1.165, 1.54) is 9.87 Å². The van der Waals surface area contributed by atoms with E-state index in [-0.39, 0.29) is 23.3 Å². The minimum absolute atomic E-state index is 0.0534. The van der Waals surface area contributed by atoms with E-state index in [1.54, 1.807) is 25.3 Å². The van der Waals surface area contributed by atoms with Gasteiger partial charge in [-0.2, -0.15) is 4.31 Å². The van der Waals surface area contributed by atoms with Gasteiger partial charge in [-0.3, -0.25) is 4.79 Å². The molecule has 1 aliphatic heterocycles. The first-order valence-corrected chi connectivity index (χ1v) is 12.4. The fourth-order valence-corrected chi connectivity index (χ4v) is 5.20. The van der Waals surface area contributed by atoms with Crippen LogP contribution < -0.4 is 10.1 Å². The predicted octanol–water partition coefficient (Wildman–Crippen LogP) is 2.79. The number of carbonyl (C=O) groups excluding carboxylic acids is 1. The molecule has 32 heavy (non-hydrogen) atoms. The van der Waals surface area contributed by atoms with Gasteiger partial charge in [0, 0.05) is 25.6 Å². The molecule has 0 unspecified atom stereocenters. The van der Waals surface area contributed by atoms with Gasteiger partial charge >= 0.3 is 0 Å². The lowest BCUT2D eigenvalue weighted by Crippen LogP contribution is -2.40. The van der Waals surface area contributed by atoms with Crippen LogP contribution in [0.1, 0.15) is 30.9 Å². The largest absolute Gasteiger partial charge is 0.496 e. The van der Waals surface area contributed by atoms with Crippen LogP contribution in [0.5, 0.6) is 5.75 Å². The SMILES string of the molecule is COc1ccc(S(=O)(=O)N2CCOCC2)cc1CCC(=O)N[C@H](C)CCc1ccccc1. The Morgan fingerprint density at radius 2 is 1.84 bits per heavy atom. The summed E-state index contributed by atoms with van der Waals surface area (Å²) in [6, 6.07) is 15.1. The summed E-state index contributed by atoms with van der Waals surface area (Å²) in [5.41, 5.74) is 1.95. The monoisotopic (exact) mass is 460 g/mol. The third-order valence-corrected chi connectivity index (χ3v) is 7.49. The molecule has 0 saturated carbocycles. The van der Waals surface area contributed by atoms with Gasteiger partial charge in [-0.05, 0) is 55.5 Å². The van der Waals surface area contributed by atoms with E-state index in [0.717, 1.165) is 12.8 Å². The minimum atomic E-state index is -3.60. The summed E-state index contributed by atoms with van der Waals surface area (Å²) in [5.74, 6) is 0.518. The van der Waals surface area contributed by atoms with Gasteiger partial charge in [0.25, 0.3) is 0 Å². The molecular weight excluding hydrogens is 428 g/mol. The second kappa shape index (κ2) is 11.4. The van der Waals surface area contributed by atoms with E-state index in [4.69, 9.17) is 9.47 Å². The Morgan fingerprint density at radius 1 is 1.12 bits per heavy atom. The van der Waals surface area contributed by atoms with E-state index >= 15 is 0 Å². The van der Waals surface area contributed by atoms with E-state index in [1.807, 2.05) is 25.1 Å². The van der Waals surface area contributed by atoms with Crippen molar-refractivity contribution in [3.8, 4) is 5.75 Å². The molecule has 1 fully saturated rings. The molecule has 0 aliphatic carbocycles. The molecule has 1 saturated heterocycles. The molecule has 1 heterocycles. The summed E-state index contributed by atoms with van der Waals surface area (Å²) in [4.78, 5) is 12.7.